The van der Waals surface area contributed by atoms with Crippen LogP contribution >= 0.6 is 0 Å². The average Bonchev–Trinajstić information content (AvgIpc) is 2.45. The number of fused-ring (bicyclic) bond motifs is 2. The molecule has 3 heteroatoms. The molecule has 96 valence electrons. The summed E-state index contributed by atoms with van der Waals surface area (Å²) < 4.78 is 0. The first-order valence-corrected chi connectivity index (χ1v) is 6.72. The molecule has 17 heavy (non-hydrogen) atoms. The van der Waals surface area contributed by atoms with Crippen LogP contribution < -0.4 is 0 Å². The van der Waals surface area contributed by atoms with Crippen LogP contribution in [0.2, 0.25) is 0 Å². The molecule has 0 aromatic heterocycles. The lowest BCUT2D eigenvalue weighted by Gasteiger charge is -2.47. The van der Waals surface area contributed by atoms with E-state index in [1.807, 2.05) is 6.92 Å². The summed E-state index contributed by atoms with van der Waals surface area (Å²) in [5.74, 6) is 0.181. The number of rotatable bonds is 3. The van der Waals surface area contributed by atoms with E-state index in [0.717, 1.165) is 25.7 Å². The molecule has 1 aliphatic heterocycles. The third-order valence-corrected chi connectivity index (χ3v) is 5.24. The quantitative estimate of drug-likeness (QED) is 0.707. The van der Waals surface area contributed by atoms with Gasteiger partial charge < -0.3 is 0 Å². The number of nitrogens with zero attached hydrogens (tertiary/aromatic N) is 1. The van der Waals surface area contributed by atoms with Gasteiger partial charge in [0, 0.05) is 12.5 Å². The van der Waals surface area contributed by atoms with Gasteiger partial charge in [0.05, 0.1) is 5.41 Å². The highest BCUT2D eigenvalue weighted by Gasteiger charge is 2.64. The third-order valence-electron chi connectivity index (χ3n) is 5.24. The predicted octanol–water partition coefficient (Wildman–Crippen LogP) is 2.60. The molecule has 1 saturated heterocycles. The molecule has 2 aliphatic rings. The summed E-state index contributed by atoms with van der Waals surface area (Å²) in [5, 5.41) is 0. The van der Waals surface area contributed by atoms with Crippen molar-refractivity contribution >= 4 is 11.8 Å². The van der Waals surface area contributed by atoms with E-state index in [1.165, 1.54) is 4.90 Å². The number of likely N-dealkylation sites (tertiary alicyclic amines) is 1. The van der Waals surface area contributed by atoms with E-state index in [9.17, 15) is 9.59 Å². The maximum absolute atomic E-state index is 12.5. The van der Waals surface area contributed by atoms with Gasteiger partial charge in [0.1, 0.15) is 0 Å². The fourth-order valence-electron chi connectivity index (χ4n) is 3.43. The molecule has 3 nitrogen and oxygen atoms in total. The molecule has 2 fully saturated rings. The van der Waals surface area contributed by atoms with Crippen molar-refractivity contribution < 1.29 is 9.59 Å². The van der Waals surface area contributed by atoms with Crippen molar-refractivity contribution in [3.8, 4) is 0 Å². The standard InChI is InChI=1S/C14H23NO2/c1-5-6-9-15-11(16)10-7-8-14(4,12(15)17)13(10,2)3/h10H,5-9H2,1-4H3/t10-,14-/m1/s1. The van der Waals surface area contributed by atoms with Crippen LogP contribution in [0.3, 0.4) is 0 Å². The van der Waals surface area contributed by atoms with Crippen LogP contribution in [-0.4, -0.2) is 23.3 Å². The minimum atomic E-state index is -0.334. The lowest BCUT2D eigenvalue weighted by Crippen LogP contribution is -2.59. The summed E-state index contributed by atoms with van der Waals surface area (Å²) >= 11 is 0. The molecule has 0 N–H and O–H groups in total. The van der Waals surface area contributed by atoms with Crippen molar-refractivity contribution in [1.82, 2.24) is 4.90 Å². The second-order valence-electron chi connectivity index (χ2n) is 6.29. The molecule has 0 unspecified atom stereocenters. The fourth-order valence-corrected chi connectivity index (χ4v) is 3.43. The zero-order chi connectivity index (χ0) is 12.8. The van der Waals surface area contributed by atoms with Crippen molar-refractivity contribution in [2.45, 2.75) is 53.4 Å². The van der Waals surface area contributed by atoms with Gasteiger partial charge in [-0.2, -0.15) is 0 Å². The van der Waals surface area contributed by atoms with Gasteiger partial charge in [-0.25, -0.2) is 0 Å². The number of imide groups is 1. The monoisotopic (exact) mass is 237 g/mol. The zero-order valence-electron chi connectivity index (χ0n) is 11.4. The number of piperidine rings is 1. The summed E-state index contributed by atoms with van der Waals surface area (Å²) in [7, 11) is 0. The van der Waals surface area contributed by atoms with E-state index in [1.54, 1.807) is 0 Å². The van der Waals surface area contributed by atoms with Crippen LogP contribution in [-0.2, 0) is 9.59 Å². The number of unbranched alkanes of at least 4 members (excludes halogenated alkanes) is 1. The second kappa shape index (κ2) is 3.82. The number of carbonyl (C=O) groups is 2. The smallest absolute Gasteiger partial charge is 0.235 e. The lowest BCUT2D eigenvalue weighted by atomic mass is 9.62. The molecule has 0 spiro atoms. The van der Waals surface area contributed by atoms with Crippen LogP contribution in [0.15, 0.2) is 0 Å². The number of amides is 2. The minimum absolute atomic E-state index is 0.0436. The van der Waals surface area contributed by atoms with E-state index in [4.69, 9.17) is 0 Å². The Morgan fingerprint density at radius 1 is 1.29 bits per heavy atom. The molecule has 0 aromatic carbocycles. The van der Waals surface area contributed by atoms with Crippen LogP contribution in [0, 0.1) is 16.7 Å². The van der Waals surface area contributed by atoms with Gasteiger partial charge in [0.15, 0.2) is 0 Å². The Labute approximate surface area is 104 Å². The maximum atomic E-state index is 12.5. The summed E-state index contributed by atoms with van der Waals surface area (Å²) in [6.45, 7) is 8.89. The topological polar surface area (TPSA) is 37.4 Å². The SMILES string of the molecule is CCCCN1C(=O)[C@H]2CC[C@](C)(C1=O)C2(C)C. The van der Waals surface area contributed by atoms with Gasteiger partial charge in [-0.15, -0.1) is 0 Å². The second-order valence-corrected chi connectivity index (χ2v) is 6.29. The fraction of sp³-hybridized carbons (Fsp3) is 0.857. The molecule has 2 bridgehead atoms. The number of hydrogen-bond donors (Lipinski definition) is 0. The third kappa shape index (κ3) is 1.47. The molecule has 0 aromatic rings. The first-order chi connectivity index (χ1) is 7.86. The molecule has 2 amide bonds. The van der Waals surface area contributed by atoms with Crippen molar-refractivity contribution in [2.24, 2.45) is 16.7 Å². The van der Waals surface area contributed by atoms with E-state index in [-0.39, 0.29) is 28.6 Å². The normalized spacial score (nSPS) is 35.5. The number of hydrogen-bond acceptors (Lipinski definition) is 2. The van der Waals surface area contributed by atoms with Gasteiger partial charge in [-0.1, -0.05) is 34.1 Å². The first-order valence-electron chi connectivity index (χ1n) is 6.72. The molecular weight excluding hydrogens is 214 g/mol. The maximum Gasteiger partial charge on any atom is 0.235 e. The highest BCUT2D eigenvalue weighted by Crippen LogP contribution is 2.59. The van der Waals surface area contributed by atoms with Crippen molar-refractivity contribution in [1.29, 1.82) is 0 Å². The van der Waals surface area contributed by atoms with Crippen LogP contribution in [0.4, 0.5) is 0 Å². The van der Waals surface area contributed by atoms with Crippen LogP contribution in [0.1, 0.15) is 53.4 Å². The van der Waals surface area contributed by atoms with Crippen LogP contribution in [0.25, 0.3) is 0 Å². The Kier molecular flexibility index (Phi) is 2.83. The molecule has 2 atom stereocenters. The van der Waals surface area contributed by atoms with Crippen molar-refractivity contribution in [3.05, 3.63) is 0 Å². The molecule has 2 rings (SSSR count). The van der Waals surface area contributed by atoms with Crippen molar-refractivity contribution in [2.75, 3.05) is 6.54 Å². The Bertz CT molecular complexity index is 361. The van der Waals surface area contributed by atoms with Gasteiger partial charge in [0.2, 0.25) is 11.8 Å². The van der Waals surface area contributed by atoms with E-state index < -0.39 is 0 Å². The number of carbonyl (C=O) groups excluding carboxylic acids is 2. The van der Waals surface area contributed by atoms with Gasteiger partial charge in [-0.3, -0.25) is 14.5 Å². The summed E-state index contributed by atoms with van der Waals surface area (Å²) in [5.41, 5.74) is -0.511. The molecule has 0 radical (unpaired) electrons. The minimum Gasteiger partial charge on any atom is -0.282 e. The Morgan fingerprint density at radius 3 is 2.53 bits per heavy atom. The molecular formula is C14H23NO2. The predicted molar refractivity (Wildman–Crippen MR) is 66.2 cm³/mol. The first kappa shape index (κ1) is 12.6. The molecule has 1 heterocycles. The Hall–Kier alpha value is -0.860. The Balaban J connectivity index is 2.32. The van der Waals surface area contributed by atoms with Crippen LogP contribution in [0.5, 0.6) is 0 Å². The largest absolute Gasteiger partial charge is 0.282 e. The van der Waals surface area contributed by atoms with E-state index >= 15 is 0 Å². The van der Waals surface area contributed by atoms with E-state index in [0.29, 0.717) is 6.54 Å². The highest BCUT2D eigenvalue weighted by molar-refractivity contribution is 6.03. The van der Waals surface area contributed by atoms with Gasteiger partial charge in [0.25, 0.3) is 0 Å². The van der Waals surface area contributed by atoms with Crippen molar-refractivity contribution in [3.63, 3.8) is 0 Å². The average molecular weight is 237 g/mol. The summed E-state index contributed by atoms with van der Waals surface area (Å²) in [6, 6.07) is 0. The highest BCUT2D eigenvalue weighted by atomic mass is 16.2. The summed E-state index contributed by atoms with van der Waals surface area (Å²) in [6.07, 6.45) is 3.66. The van der Waals surface area contributed by atoms with E-state index in [2.05, 4.69) is 20.8 Å². The molecule has 1 saturated carbocycles. The zero-order valence-corrected chi connectivity index (χ0v) is 11.4. The lowest BCUT2D eigenvalue weighted by molar-refractivity contribution is -0.167. The Morgan fingerprint density at radius 2 is 1.94 bits per heavy atom. The summed E-state index contributed by atoms with van der Waals surface area (Å²) in [4.78, 5) is 26.4. The van der Waals surface area contributed by atoms with Gasteiger partial charge >= 0.3 is 0 Å². The molecule has 1 aliphatic carbocycles. The van der Waals surface area contributed by atoms with Gasteiger partial charge in [-0.05, 0) is 24.7 Å².